The SMILES string of the molecule is Cc1c(F)cccc1[C@@H]1[C@@H](C(=O)c2cccc(O)c2)CN(CCC(N(C)C)C(C)(C)C)C[C@H]1C(=O)N1CCC[C@H]1C(F)(F)F. The van der Waals surface area contributed by atoms with Crippen LogP contribution in [0.2, 0.25) is 0 Å². The van der Waals surface area contributed by atoms with E-state index in [2.05, 4.69) is 25.7 Å². The molecule has 1 N–H and O–H groups in total. The number of nitrogens with zero attached hydrogens (tertiary/aromatic N) is 3. The van der Waals surface area contributed by atoms with Crippen molar-refractivity contribution in [1.29, 1.82) is 0 Å². The molecule has 2 heterocycles. The predicted octanol–water partition coefficient (Wildman–Crippen LogP) is 6.27. The number of phenols is 1. The Morgan fingerprint density at radius 1 is 1.05 bits per heavy atom. The quantitative estimate of drug-likeness (QED) is 0.279. The van der Waals surface area contributed by atoms with Crippen molar-refractivity contribution in [2.45, 2.75) is 71.1 Å². The van der Waals surface area contributed by atoms with Crippen LogP contribution in [0.5, 0.6) is 5.75 Å². The van der Waals surface area contributed by atoms with Crippen LogP contribution in [0.3, 0.4) is 0 Å². The van der Waals surface area contributed by atoms with Gasteiger partial charge >= 0.3 is 6.18 Å². The maximum atomic E-state index is 15.0. The number of phenolic OH excluding ortho intramolecular Hbond substituents is 1. The van der Waals surface area contributed by atoms with E-state index < -0.39 is 41.7 Å². The van der Waals surface area contributed by atoms with Crippen molar-refractivity contribution < 1.29 is 32.3 Å². The third-order valence-electron chi connectivity index (χ3n) is 9.49. The monoisotopic (exact) mass is 619 g/mol. The molecule has 242 valence electrons. The van der Waals surface area contributed by atoms with Crippen molar-refractivity contribution in [1.82, 2.24) is 14.7 Å². The predicted molar refractivity (Wildman–Crippen MR) is 162 cm³/mol. The van der Waals surface area contributed by atoms with Gasteiger partial charge in [-0.1, -0.05) is 45.0 Å². The molecule has 0 bridgehead atoms. The Balaban J connectivity index is 1.82. The molecule has 0 saturated carbocycles. The number of halogens is 4. The van der Waals surface area contributed by atoms with Crippen LogP contribution in [0.25, 0.3) is 0 Å². The molecule has 1 amide bonds. The fraction of sp³-hybridized carbons (Fsp3) is 0.588. The molecule has 2 fully saturated rings. The number of piperidine rings is 1. The van der Waals surface area contributed by atoms with E-state index in [1.807, 2.05) is 19.0 Å². The lowest BCUT2D eigenvalue weighted by molar-refractivity contribution is -0.185. The first-order valence-corrected chi connectivity index (χ1v) is 15.3. The summed E-state index contributed by atoms with van der Waals surface area (Å²) in [6.45, 7) is 8.89. The van der Waals surface area contributed by atoms with Gasteiger partial charge in [0.2, 0.25) is 5.91 Å². The molecule has 2 aromatic rings. The number of hydrogen-bond donors (Lipinski definition) is 1. The van der Waals surface area contributed by atoms with Gasteiger partial charge in [0.25, 0.3) is 0 Å². The first kappa shape index (κ1) is 33.9. The second-order valence-electron chi connectivity index (χ2n) is 13.7. The summed E-state index contributed by atoms with van der Waals surface area (Å²) in [4.78, 5) is 33.6. The van der Waals surface area contributed by atoms with E-state index in [0.717, 1.165) is 4.90 Å². The highest BCUT2D eigenvalue weighted by Crippen LogP contribution is 2.44. The average molecular weight is 620 g/mol. The summed E-state index contributed by atoms with van der Waals surface area (Å²) in [5.41, 5.74) is 0.885. The summed E-state index contributed by atoms with van der Waals surface area (Å²) in [7, 11) is 4.00. The highest BCUT2D eigenvalue weighted by molar-refractivity contribution is 5.99. The number of carbonyl (C=O) groups is 2. The van der Waals surface area contributed by atoms with Gasteiger partial charge in [0, 0.05) is 43.1 Å². The number of hydrogen-bond acceptors (Lipinski definition) is 5. The van der Waals surface area contributed by atoms with E-state index in [-0.39, 0.29) is 66.6 Å². The summed E-state index contributed by atoms with van der Waals surface area (Å²) in [6.07, 6.45) is -3.80. The molecule has 0 spiro atoms. The van der Waals surface area contributed by atoms with Gasteiger partial charge in [-0.05, 0) is 81.6 Å². The van der Waals surface area contributed by atoms with E-state index in [4.69, 9.17) is 0 Å². The normalized spacial score (nSPS) is 24.1. The zero-order valence-electron chi connectivity index (χ0n) is 26.5. The first-order chi connectivity index (χ1) is 20.5. The zero-order valence-corrected chi connectivity index (χ0v) is 26.5. The van der Waals surface area contributed by atoms with Crippen molar-refractivity contribution in [2.75, 3.05) is 40.3 Å². The highest BCUT2D eigenvalue weighted by atomic mass is 19.4. The maximum Gasteiger partial charge on any atom is 0.408 e. The smallest absolute Gasteiger partial charge is 0.408 e. The minimum absolute atomic E-state index is 0.0216. The van der Waals surface area contributed by atoms with Gasteiger partial charge in [-0.2, -0.15) is 13.2 Å². The van der Waals surface area contributed by atoms with Gasteiger partial charge in [-0.15, -0.1) is 0 Å². The fourth-order valence-electron chi connectivity index (χ4n) is 7.45. The molecule has 44 heavy (non-hydrogen) atoms. The Hall–Kier alpha value is -2.98. The van der Waals surface area contributed by atoms with Crippen molar-refractivity contribution in [3.63, 3.8) is 0 Å². The number of rotatable bonds is 8. The van der Waals surface area contributed by atoms with Gasteiger partial charge in [-0.25, -0.2) is 4.39 Å². The molecule has 0 radical (unpaired) electrons. The van der Waals surface area contributed by atoms with Gasteiger partial charge in [0.05, 0.1) is 5.92 Å². The first-order valence-electron chi connectivity index (χ1n) is 15.3. The lowest BCUT2D eigenvalue weighted by Gasteiger charge is -2.46. The number of Topliss-reactive ketones (excluding diaryl/α,β-unsaturated/α-hetero) is 1. The van der Waals surface area contributed by atoms with E-state index in [9.17, 15) is 32.3 Å². The van der Waals surface area contributed by atoms with Gasteiger partial charge in [0.15, 0.2) is 5.78 Å². The number of amides is 1. The number of ketones is 1. The van der Waals surface area contributed by atoms with Gasteiger partial charge in [0.1, 0.15) is 17.6 Å². The molecule has 4 rings (SSSR count). The van der Waals surface area contributed by atoms with Crippen LogP contribution in [0.15, 0.2) is 42.5 Å². The van der Waals surface area contributed by atoms with Crippen LogP contribution in [0.4, 0.5) is 17.6 Å². The second kappa shape index (κ2) is 13.2. The number of aromatic hydroxyl groups is 1. The average Bonchev–Trinajstić information content (AvgIpc) is 3.44. The van der Waals surface area contributed by atoms with Crippen LogP contribution in [-0.2, 0) is 4.79 Å². The lowest BCUT2D eigenvalue weighted by Crippen LogP contribution is -2.56. The molecule has 2 aliphatic heterocycles. The highest BCUT2D eigenvalue weighted by Gasteiger charge is 2.52. The topological polar surface area (TPSA) is 64.1 Å². The molecule has 2 aliphatic rings. The molecule has 5 atom stereocenters. The van der Waals surface area contributed by atoms with Crippen molar-refractivity contribution >= 4 is 11.7 Å². The van der Waals surface area contributed by atoms with E-state index in [1.165, 1.54) is 24.3 Å². The third-order valence-corrected chi connectivity index (χ3v) is 9.49. The summed E-state index contributed by atoms with van der Waals surface area (Å²) in [6, 6.07) is 8.69. The Bertz CT molecular complexity index is 1340. The summed E-state index contributed by atoms with van der Waals surface area (Å²) >= 11 is 0. The molecular formula is C34H45F4N3O3. The van der Waals surface area contributed by atoms with Crippen LogP contribution in [-0.4, -0.2) is 90.0 Å². The van der Waals surface area contributed by atoms with E-state index >= 15 is 0 Å². The van der Waals surface area contributed by atoms with Gasteiger partial charge in [-0.3, -0.25) is 9.59 Å². The van der Waals surface area contributed by atoms with Crippen LogP contribution in [0, 0.1) is 30.0 Å². The van der Waals surface area contributed by atoms with E-state index in [1.54, 1.807) is 25.1 Å². The maximum absolute atomic E-state index is 15.0. The molecule has 10 heteroatoms. The molecule has 1 unspecified atom stereocenters. The Kier molecular flexibility index (Phi) is 10.1. The van der Waals surface area contributed by atoms with Crippen LogP contribution in [0.1, 0.15) is 67.4 Å². The molecule has 6 nitrogen and oxygen atoms in total. The molecular weight excluding hydrogens is 574 g/mol. The van der Waals surface area contributed by atoms with Crippen LogP contribution < -0.4 is 0 Å². The molecule has 2 saturated heterocycles. The van der Waals surface area contributed by atoms with Crippen molar-refractivity contribution in [3.8, 4) is 5.75 Å². The van der Waals surface area contributed by atoms with Crippen molar-refractivity contribution in [3.05, 3.63) is 65.0 Å². The number of carbonyl (C=O) groups excluding carboxylic acids is 2. The second-order valence-corrected chi connectivity index (χ2v) is 13.7. The summed E-state index contributed by atoms with van der Waals surface area (Å²) in [5.74, 6) is -4.33. The van der Waals surface area contributed by atoms with Crippen molar-refractivity contribution in [2.24, 2.45) is 17.3 Å². The Morgan fingerprint density at radius 3 is 2.32 bits per heavy atom. The fourth-order valence-corrected chi connectivity index (χ4v) is 7.45. The minimum atomic E-state index is -4.58. The summed E-state index contributed by atoms with van der Waals surface area (Å²) in [5, 5.41) is 10.2. The number of benzene rings is 2. The minimum Gasteiger partial charge on any atom is -0.508 e. The Labute approximate surface area is 258 Å². The summed E-state index contributed by atoms with van der Waals surface area (Å²) < 4.78 is 57.2. The standard InChI is InChI=1S/C34H45F4N3O3/c1-21-24(12-8-13-27(21)35)30-25(31(43)22-10-7-11-23(42)18-22)19-40(17-15-28(39(5)6)33(2,3)4)20-26(30)32(44)41-16-9-14-29(41)34(36,37)38/h7-8,10-13,18,25-26,28-30,42H,9,14-17,19-20H2,1-6H3/t25-,26+,28?,29-,30+/m0/s1. The number of alkyl halides is 3. The van der Waals surface area contributed by atoms with E-state index in [0.29, 0.717) is 18.5 Å². The lowest BCUT2D eigenvalue weighted by atomic mass is 9.69. The van der Waals surface area contributed by atoms with Gasteiger partial charge < -0.3 is 19.8 Å². The number of likely N-dealkylation sites (tertiary alicyclic amines) is 2. The molecule has 2 aromatic carbocycles. The zero-order chi connectivity index (χ0) is 32.6. The molecule has 0 aromatic heterocycles. The van der Waals surface area contributed by atoms with Crippen LogP contribution >= 0.6 is 0 Å². The molecule has 0 aliphatic carbocycles. The third kappa shape index (κ3) is 7.28. The Morgan fingerprint density at radius 2 is 1.70 bits per heavy atom. The largest absolute Gasteiger partial charge is 0.508 e.